The summed E-state index contributed by atoms with van der Waals surface area (Å²) in [4.78, 5) is 2.15. The van der Waals surface area contributed by atoms with Crippen LogP contribution in [0.5, 0.6) is 0 Å². The molecule has 1 nitrogen and oxygen atoms in total. The van der Waals surface area contributed by atoms with Gasteiger partial charge >= 0.3 is 0 Å². The summed E-state index contributed by atoms with van der Waals surface area (Å²) in [5, 5.41) is 0. The summed E-state index contributed by atoms with van der Waals surface area (Å²) in [6, 6.07) is 0.523. The van der Waals surface area contributed by atoms with E-state index >= 15 is 0 Å². The molecule has 0 aromatic rings. The molecule has 44 valence electrons. The van der Waals surface area contributed by atoms with Gasteiger partial charge in [-0.25, -0.2) is 0 Å². The maximum Gasteiger partial charge on any atom is 0.0846 e. The van der Waals surface area contributed by atoms with Crippen molar-refractivity contribution in [2.24, 2.45) is 5.92 Å². The third kappa shape index (κ3) is 0.719. The van der Waals surface area contributed by atoms with Crippen molar-refractivity contribution in [3.8, 4) is 11.8 Å². The molecule has 8 heavy (non-hydrogen) atoms. The van der Waals surface area contributed by atoms with E-state index in [0.29, 0.717) is 12.0 Å². The van der Waals surface area contributed by atoms with E-state index in [2.05, 4.69) is 37.8 Å². The van der Waals surface area contributed by atoms with Gasteiger partial charge in [-0.1, -0.05) is 11.8 Å². The topological polar surface area (TPSA) is 3.24 Å². The zero-order valence-corrected chi connectivity index (χ0v) is 5.60. The van der Waals surface area contributed by atoms with Crippen LogP contribution in [0, 0.1) is 17.8 Å². The van der Waals surface area contributed by atoms with Crippen molar-refractivity contribution < 1.29 is 0 Å². The summed E-state index contributed by atoms with van der Waals surface area (Å²) in [6.07, 6.45) is 0. The minimum Gasteiger partial charge on any atom is -0.295 e. The average Bonchev–Trinajstić information content (AvgIpc) is 1.61. The lowest BCUT2D eigenvalue weighted by Crippen LogP contribution is -2.36. The largest absolute Gasteiger partial charge is 0.295 e. The van der Waals surface area contributed by atoms with Crippen LogP contribution in [-0.4, -0.2) is 25.0 Å². The minimum absolute atomic E-state index is 0.523. The van der Waals surface area contributed by atoms with E-state index in [9.17, 15) is 0 Å². The van der Waals surface area contributed by atoms with Gasteiger partial charge in [0, 0.05) is 5.92 Å². The average molecular weight is 109 g/mol. The highest BCUT2D eigenvalue weighted by molar-refractivity contribution is 5.25. The van der Waals surface area contributed by atoms with Crippen molar-refractivity contribution in [2.45, 2.75) is 13.0 Å². The summed E-state index contributed by atoms with van der Waals surface area (Å²) in [5.74, 6) is 6.71. The summed E-state index contributed by atoms with van der Waals surface area (Å²) in [6.45, 7) is 2.15. The van der Waals surface area contributed by atoms with Crippen molar-refractivity contribution in [1.82, 2.24) is 4.90 Å². The van der Waals surface area contributed by atoms with Crippen LogP contribution in [0.1, 0.15) is 6.92 Å². The maximum absolute atomic E-state index is 3.07. The Morgan fingerprint density at radius 3 is 1.88 bits per heavy atom. The quantitative estimate of drug-likeness (QED) is 0.445. The Bertz CT molecular complexity index is 138. The van der Waals surface area contributed by atoms with Gasteiger partial charge in [0.25, 0.3) is 0 Å². The Morgan fingerprint density at radius 2 is 1.88 bits per heavy atom. The van der Waals surface area contributed by atoms with E-state index in [4.69, 9.17) is 0 Å². The molecule has 1 heteroatoms. The normalized spacial score (nSPS) is 33.5. The fourth-order valence-electron chi connectivity index (χ4n) is 0.901. The van der Waals surface area contributed by atoms with Gasteiger partial charge in [0.05, 0.1) is 6.04 Å². The molecule has 0 saturated carbocycles. The lowest BCUT2D eigenvalue weighted by molar-refractivity contribution is 0.296. The molecule has 0 aromatic carbocycles. The van der Waals surface area contributed by atoms with Gasteiger partial charge < -0.3 is 0 Å². The Labute approximate surface area is 50.7 Å². The van der Waals surface area contributed by atoms with Crippen LogP contribution in [0.15, 0.2) is 0 Å². The maximum atomic E-state index is 3.07. The standard InChI is InChI=1S/C7H11N/c1-6-4-5-7(6)8(2)3/h6-7H,1-3H3. The van der Waals surface area contributed by atoms with Crippen molar-refractivity contribution in [1.29, 1.82) is 0 Å². The first kappa shape index (κ1) is 5.65. The predicted octanol–water partition coefficient (Wildman–Crippen LogP) is 0.570. The first-order valence-electron chi connectivity index (χ1n) is 2.89. The molecule has 2 atom stereocenters. The third-order valence-corrected chi connectivity index (χ3v) is 1.49. The highest BCUT2D eigenvalue weighted by atomic mass is 15.1. The van der Waals surface area contributed by atoms with Gasteiger partial charge in [0.15, 0.2) is 0 Å². The van der Waals surface area contributed by atoms with E-state index in [0.717, 1.165) is 0 Å². The van der Waals surface area contributed by atoms with Crippen LogP contribution in [-0.2, 0) is 0 Å². The SMILES string of the molecule is CC1C#CC1N(C)C. The van der Waals surface area contributed by atoms with Gasteiger partial charge in [-0.2, -0.15) is 0 Å². The zero-order chi connectivity index (χ0) is 6.15. The Hall–Kier alpha value is -0.480. The molecule has 0 N–H and O–H groups in total. The van der Waals surface area contributed by atoms with E-state index in [1.54, 1.807) is 0 Å². The molecule has 1 aliphatic rings. The van der Waals surface area contributed by atoms with Gasteiger partial charge in [-0.05, 0) is 21.0 Å². The summed E-state index contributed by atoms with van der Waals surface area (Å²) in [7, 11) is 4.13. The molecule has 0 spiro atoms. The van der Waals surface area contributed by atoms with Gasteiger partial charge in [0.1, 0.15) is 0 Å². The van der Waals surface area contributed by atoms with Crippen LogP contribution in [0.2, 0.25) is 0 Å². The fraction of sp³-hybridized carbons (Fsp3) is 0.714. The lowest BCUT2D eigenvalue weighted by Gasteiger charge is -2.27. The molecular formula is C7H11N. The molecule has 1 aliphatic carbocycles. The third-order valence-electron chi connectivity index (χ3n) is 1.49. The highest BCUT2D eigenvalue weighted by Crippen LogP contribution is 2.12. The molecular weight excluding hydrogens is 98.1 g/mol. The van der Waals surface area contributed by atoms with Crippen LogP contribution in [0.25, 0.3) is 0 Å². The number of hydrogen-bond acceptors (Lipinski definition) is 1. The molecule has 0 fully saturated rings. The molecule has 0 aliphatic heterocycles. The smallest absolute Gasteiger partial charge is 0.0846 e. The van der Waals surface area contributed by atoms with Crippen molar-refractivity contribution in [2.75, 3.05) is 14.1 Å². The second-order valence-electron chi connectivity index (χ2n) is 2.49. The lowest BCUT2D eigenvalue weighted by atomic mass is 9.94. The van der Waals surface area contributed by atoms with Crippen LogP contribution < -0.4 is 0 Å². The first-order valence-corrected chi connectivity index (χ1v) is 2.89. The zero-order valence-electron chi connectivity index (χ0n) is 5.60. The van der Waals surface area contributed by atoms with Gasteiger partial charge in [-0.15, -0.1) is 0 Å². The Kier molecular flexibility index (Phi) is 1.27. The predicted molar refractivity (Wildman–Crippen MR) is 34.4 cm³/mol. The molecule has 0 saturated heterocycles. The molecule has 0 radical (unpaired) electrons. The molecule has 0 heterocycles. The van der Waals surface area contributed by atoms with E-state index < -0.39 is 0 Å². The van der Waals surface area contributed by atoms with E-state index in [1.807, 2.05) is 0 Å². The van der Waals surface area contributed by atoms with E-state index in [-0.39, 0.29) is 0 Å². The van der Waals surface area contributed by atoms with Gasteiger partial charge in [0.2, 0.25) is 0 Å². The monoisotopic (exact) mass is 109 g/mol. The van der Waals surface area contributed by atoms with E-state index in [1.165, 1.54) is 0 Å². The minimum atomic E-state index is 0.523. The van der Waals surface area contributed by atoms with Crippen LogP contribution in [0.4, 0.5) is 0 Å². The number of nitrogens with zero attached hydrogens (tertiary/aromatic N) is 1. The number of rotatable bonds is 1. The first-order chi connectivity index (χ1) is 3.72. The number of hydrogen-bond donors (Lipinski definition) is 0. The molecule has 1 rings (SSSR count). The molecule has 0 bridgehead atoms. The van der Waals surface area contributed by atoms with Crippen LogP contribution in [0.3, 0.4) is 0 Å². The fourth-order valence-corrected chi connectivity index (χ4v) is 0.901. The summed E-state index contributed by atoms with van der Waals surface area (Å²) in [5.41, 5.74) is 0. The van der Waals surface area contributed by atoms with Crippen LogP contribution >= 0.6 is 0 Å². The Balaban J connectivity index is 2.46. The Morgan fingerprint density at radius 1 is 1.25 bits per heavy atom. The second kappa shape index (κ2) is 1.80. The molecule has 0 amide bonds. The highest BCUT2D eigenvalue weighted by Gasteiger charge is 2.20. The van der Waals surface area contributed by atoms with Crippen molar-refractivity contribution in [3.05, 3.63) is 0 Å². The van der Waals surface area contributed by atoms with Gasteiger partial charge in [-0.3, -0.25) is 4.90 Å². The molecule has 2 unspecified atom stereocenters. The van der Waals surface area contributed by atoms with Crippen molar-refractivity contribution in [3.63, 3.8) is 0 Å². The summed E-state index contributed by atoms with van der Waals surface area (Å²) < 4.78 is 0. The van der Waals surface area contributed by atoms with Crippen molar-refractivity contribution >= 4 is 0 Å². The summed E-state index contributed by atoms with van der Waals surface area (Å²) >= 11 is 0. The second-order valence-corrected chi connectivity index (χ2v) is 2.49. The molecule has 0 aromatic heterocycles.